The van der Waals surface area contributed by atoms with Gasteiger partial charge < -0.3 is 15.4 Å². The Kier molecular flexibility index (Phi) is 3.47. The van der Waals surface area contributed by atoms with Crippen molar-refractivity contribution in [2.75, 3.05) is 0 Å². The minimum absolute atomic E-state index is 0.0716. The lowest BCUT2D eigenvalue weighted by Gasteiger charge is -2.17. The first kappa shape index (κ1) is 11.7. The van der Waals surface area contributed by atoms with Crippen LogP contribution in [0.5, 0.6) is 0 Å². The molecule has 0 saturated carbocycles. The molecule has 0 aromatic carbocycles. The van der Waals surface area contributed by atoms with Crippen LogP contribution >= 0.6 is 0 Å². The third-order valence-electron chi connectivity index (χ3n) is 2.30. The molecular formula is C10H17N3O2. The summed E-state index contributed by atoms with van der Waals surface area (Å²) in [6.45, 7) is 5.92. The van der Waals surface area contributed by atoms with Crippen molar-refractivity contribution < 1.29 is 9.90 Å². The quantitative estimate of drug-likeness (QED) is 0.785. The molecule has 1 atom stereocenters. The summed E-state index contributed by atoms with van der Waals surface area (Å²) in [6.07, 6.45) is 1.58. The summed E-state index contributed by atoms with van der Waals surface area (Å²) in [6, 6.07) is -0.256. The minimum atomic E-state index is -0.892. The SMILES string of the molecule is Cc1ncc(C(N)CC(=O)O)n1C(C)C. The van der Waals surface area contributed by atoms with Gasteiger partial charge >= 0.3 is 5.97 Å². The van der Waals surface area contributed by atoms with Gasteiger partial charge in [0.25, 0.3) is 0 Å². The lowest BCUT2D eigenvalue weighted by molar-refractivity contribution is -0.137. The van der Waals surface area contributed by atoms with Gasteiger partial charge in [-0.25, -0.2) is 4.98 Å². The Hall–Kier alpha value is -1.36. The molecule has 1 aromatic rings. The number of hydrogen-bond donors (Lipinski definition) is 2. The molecule has 0 bridgehead atoms. The molecular weight excluding hydrogens is 194 g/mol. The van der Waals surface area contributed by atoms with Crippen molar-refractivity contribution in [1.29, 1.82) is 0 Å². The maximum Gasteiger partial charge on any atom is 0.305 e. The van der Waals surface area contributed by atoms with E-state index < -0.39 is 12.0 Å². The maximum absolute atomic E-state index is 10.6. The zero-order valence-corrected chi connectivity index (χ0v) is 9.27. The van der Waals surface area contributed by atoms with Crippen molar-refractivity contribution >= 4 is 5.97 Å². The van der Waals surface area contributed by atoms with Gasteiger partial charge in [0.05, 0.1) is 24.4 Å². The number of aryl methyl sites for hydroxylation is 1. The van der Waals surface area contributed by atoms with Gasteiger partial charge in [-0.2, -0.15) is 0 Å². The van der Waals surface area contributed by atoms with Gasteiger partial charge in [0.1, 0.15) is 5.82 Å². The summed E-state index contributed by atoms with van der Waals surface area (Å²) in [5.41, 5.74) is 6.59. The third-order valence-corrected chi connectivity index (χ3v) is 2.30. The minimum Gasteiger partial charge on any atom is -0.481 e. The van der Waals surface area contributed by atoms with Gasteiger partial charge in [0.15, 0.2) is 0 Å². The van der Waals surface area contributed by atoms with E-state index >= 15 is 0 Å². The highest BCUT2D eigenvalue weighted by Gasteiger charge is 2.18. The van der Waals surface area contributed by atoms with Crippen LogP contribution in [0.15, 0.2) is 6.20 Å². The molecule has 15 heavy (non-hydrogen) atoms. The van der Waals surface area contributed by atoms with Crippen LogP contribution < -0.4 is 5.73 Å². The van der Waals surface area contributed by atoms with Gasteiger partial charge in [-0.15, -0.1) is 0 Å². The predicted molar refractivity (Wildman–Crippen MR) is 56.5 cm³/mol. The van der Waals surface area contributed by atoms with E-state index in [-0.39, 0.29) is 12.5 Å². The number of aromatic nitrogens is 2. The molecule has 0 spiro atoms. The number of carboxylic acid groups (broad SMARTS) is 1. The number of nitrogens with two attached hydrogens (primary N) is 1. The van der Waals surface area contributed by atoms with E-state index in [0.29, 0.717) is 0 Å². The molecule has 84 valence electrons. The third kappa shape index (κ3) is 2.56. The summed E-state index contributed by atoms with van der Waals surface area (Å²) in [5, 5.41) is 8.67. The summed E-state index contributed by atoms with van der Waals surface area (Å²) >= 11 is 0. The first-order valence-corrected chi connectivity index (χ1v) is 4.94. The molecule has 5 nitrogen and oxygen atoms in total. The fraction of sp³-hybridized carbons (Fsp3) is 0.600. The summed E-state index contributed by atoms with van der Waals surface area (Å²) in [7, 11) is 0. The Balaban J connectivity index is 2.98. The molecule has 0 fully saturated rings. The van der Waals surface area contributed by atoms with E-state index in [9.17, 15) is 4.79 Å². The molecule has 0 aliphatic rings. The first-order chi connectivity index (χ1) is 6.93. The van der Waals surface area contributed by atoms with Crippen molar-refractivity contribution in [2.45, 2.75) is 39.3 Å². The van der Waals surface area contributed by atoms with Gasteiger partial charge in [0.2, 0.25) is 0 Å². The van der Waals surface area contributed by atoms with Gasteiger partial charge in [-0.3, -0.25) is 4.79 Å². The summed E-state index contributed by atoms with van der Waals surface area (Å²) in [4.78, 5) is 14.7. The molecule has 1 heterocycles. The van der Waals surface area contributed by atoms with E-state index in [2.05, 4.69) is 4.98 Å². The Morgan fingerprint density at radius 3 is 2.73 bits per heavy atom. The molecule has 3 N–H and O–H groups in total. The average molecular weight is 211 g/mol. The Bertz CT molecular complexity index is 358. The van der Waals surface area contributed by atoms with E-state index in [1.54, 1.807) is 6.20 Å². The zero-order chi connectivity index (χ0) is 11.6. The molecule has 1 aromatic heterocycles. The van der Waals surface area contributed by atoms with E-state index in [4.69, 9.17) is 10.8 Å². The van der Waals surface area contributed by atoms with Crippen molar-refractivity contribution in [3.05, 3.63) is 17.7 Å². The fourth-order valence-corrected chi connectivity index (χ4v) is 1.71. The van der Waals surface area contributed by atoms with Crippen LogP contribution in [-0.2, 0) is 4.79 Å². The van der Waals surface area contributed by atoms with Crippen LogP contribution in [0, 0.1) is 6.92 Å². The lowest BCUT2D eigenvalue weighted by atomic mass is 10.1. The number of carboxylic acids is 1. The largest absolute Gasteiger partial charge is 0.481 e. The maximum atomic E-state index is 10.6. The van der Waals surface area contributed by atoms with Crippen LogP contribution in [-0.4, -0.2) is 20.6 Å². The molecule has 0 aliphatic heterocycles. The molecule has 0 saturated heterocycles. The normalized spacial score (nSPS) is 13.1. The Morgan fingerprint density at radius 2 is 2.27 bits per heavy atom. The fourth-order valence-electron chi connectivity index (χ4n) is 1.71. The number of nitrogens with zero attached hydrogens (tertiary/aromatic N) is 2. The number of rotatable bonds is 4. The van der Waals surface area contributed by atoms with Gasteiger partial charge in [-0.05, 0) is 20.8 Å². The number of carbonyl (C=O) groups is 1. The number of imidazole rings is 1. The second-order valence-corrected chi connectivity index (χ2v) is 3.90. The molecule has 0 amide bonds. The van der Waals surface area contributed by atoms with Crippen molar-refractivity contribution in [2.24, 2.45) is 5.73 Å². The van der Waals surface area contributed by atoms with Crippen LogP contribution in [0.2, 0.25) is 0 Å². The van der Waals surface area contributed by atoms with Gasteiger partial charge in [-0.1, -0.05) is 0 Å². The van der Waals surface area contributed by atoms with Crippen molar-refractivity contribution in [1.82, 2.24) is 9.55 Å². The zero-order valence-electron chi connectivity index (χ0n) is 9.27. The monoisotopic (exact) mass is 211 g/mol. The van der Waals surface area contributed by atoms with Crippen LogP contribution in [0.4, 0.5) is 0 Å². The Morgan fingerprint density at radius 1 is 1.67 bits per heavy atom. The average Bonchev–Trinajstić information content (AvgIpc) is 2.45. The summed E-state index contributed by atoms with van der Waals surface area (Å²) in [5.74, 6) is -0.0301. The van der Waals surface area contributed by atoms with E-state index in [0.717, 1.165) is 11.5 Å². The summed E-state index contributed by atoms with van der Waals surface area (Å²) < 4.78 is 1.97. The van der Waals surface area contributed by atoms with E-state index in [1.165, 1.54) is 0 Å². The number of hydrogen-bond acceptors (Lipinski definition) is 3. The van der Waals surface area contributed by atoms with Crippen LogP contribution in [0.25, 0.3) is 0 Å². The smallest absolute Gasteiger partial charge is 0.305 e. The highest BCUT2D eigenvalue weighted by Crippen LogP contribution is 2.20. The highest BCUT2D eigenvalue weighted by molar-refractivity contribution is 5.67. The van der Waals surface area contributed by atoms with Crippen LogP contribution in [0.3, 0.4) is 0 Å². The molecule has 5 heteroatoms. The molecule has 1 unspecified atom stereocenters. The molecule has 0 radical (unpaired) electrons. The second-order valence-electron chi connectivity index (χ2n) is 3.90. The van der Waals surface area contributed by atoms with Crippen LogP contribution in [0.1, 0.15) is 43.9 Å². The molecule has 0 aliphatic carbocycles. The van der Waals surface area contributed by atoms with Crippen molar-refractivity contribution in [3.63, 3.8) is 0 Å². The van der Waals surface area contributed by atoms with Crippen molar-refractivity contribution in [3.8, 4) is 0 Å². The topological polar surface area (TPSA) is 81.1 Å². The lowest BCUT2D eigenvalue weighted by Crippen LogP contribution is -2.20. The standard InChI is InChI=1S/C10H17N3O2/c1-6(2)13-7(3)12-5-9(13)8(11)4-10(14)15/h5-6,8H,4,11H2,1-3H3,(H,14,15). The number of aliphatic carboxylic acids is 1. The molecule has 1 rings (SSSR count). The highest BCUT2D eigenvalue weighted by atomic mass is 16.4. The van der Waals surface area contributed by atoms with E-state index in [1.807, 2.05) is 25.3 Å². The first-order valence-electron chi connectivity index (χ1n) is 4.94. The van der Waals surface area contributed by atoms with Gasteiger partial charge in [0, 0.05) is 6.04 Å². The Labute approximate surface area is 88.9 Å². The second kappa shape index (κ2) is 4.44. The predicted octanol–water partition coefficient (Wildman–Crippen LogP) is 1.25.